The maximum atomic E-state index is 13.2. The number of aromatic amines is 1. The van der Waals surface area contributed by atoms with E-state index in [1.165, 1.54) is 19.8 Å². The van der Waals surface area contributed by atoms with Crippen LogP contribution in [0.15, 0.2) is 48.7 Å². The molecule has 0 radical (unpaired) electrons. The van der Waals surface area contributed by atoms with Crippen molar-refractivity contribution in [2.45, 2.75) is 44.6 Å². The quantitative estimate of drug-likeness (QED) is 0.314. The Balaban J connectivity index is 1.22. The first-order valence-corrected chi connectivity index (χ1v) is 12.2. The summed E-state index contributed by atoms with van der Waals surface area (Å²) in [6, 6.07) is 12.5. The Labute approximate surface area is 207 Å². The van der Waals surface area contributed by atoms with Gasteiger partial charge in [-0.05, 0) is 62.1 Å². The van der Waals surface area contributed by atoms with Gasteiger partial charge in [-0.1, -0.05) is 0 Å². The van der Waals surface area contributed by atoms with Crippen LogP contribution in [0.1, 0.15) is 44.2 Å². The number of hydrogen-bond acceptors (Lipinski definition) is 7. The van der Waals surface area contributed by atoms with Crippen molar-refractivity contribution in [2.75, 3.05) is 27.4 Å². The molecular formula is C25H27N9O2. The van der Waals surface area contributed by atoms with Gasteiger partial charge in [-0.2, -0.15) is 10.1 Å². The van der Waals surface area contributed by atoms with Crippen LogP contribution in [0.3, 0.4) is 0 Å². The highest BCUT2D eigenvalue weighted by Crippen LogP contribution is 2.39. The standard InChI is InChI=1S/C25H27N9O2/c1-15(35)26-17-8-10-18(11-9-17)27-24(36)21-5-2-12-33(21)25-29-23(20-4-3-13-34(20)32-25)28-22-14-19(30-31-22)16-6-7-16/h3-4,8-11,13-14,16,21H,2,5-7,12H2,1H3,(H,26,35)(H,27,36)(H2,28,29,30,31,32). The first-order chi connectivity index (χ1) is 17.5. The Hall–Kier alpha value is -4.41. The number of rotatable bonds is 7. The number of aromatic nitrogens is 5. The molecule has 1 saturated carbocycles. The third-order valence-corrected chi connectivity index (χ3v) is 6.53. The molecule has 2 aliphatic rings. The van der Waals surface area contributed by atoms with Crippen molar-refractivity contribution < 1.29 is 9.59 Å². The first-order valence-electron chi connectivity index (χ1n) is 12.2. The highest BCUT2D eigenvalue weighted by atomic mass is 16.2. The number of hydrogen-bond donors (Lipinski definition) is 4. The number of carbonyl (C=O) groups excluding carboxylic acids is 2. The van der Waals surface area contributed by atoms with Gasteiger partial charge < -0.3 is 20.9 Å². The molecule has 36 heavy (non-hydrogen) atoms. The average Bonchev–Trinajstić information content (AvgIpc) is 3.25. The Kier molecular flexibility index (Phi) is 5.51. The highest BCUT2D eigenvalue weighted by molar-refractivity contribution is 5.97. The van der Waals surface area contributed by atoms with Crippen molar-refractivity contribution in [3.05, 3.63) is 54.4 Å². The zero-order valence-corrected chi connectivity index (χ0v) is 19.9. The maximum absolute atomic E-state index is 13.2. The van der Waals surface area contributed by atoms with Gasteiger partial charge in [0.2, 0.25) is 17.8 Å². The summed E-state index contributed by atoms with van der Waals surface area (Å²) in [4.78, 5) is 31.2. The lowest BCUT2D eigenvalue weighted by Crippen LogP contribution is -2.40. The molecule has 1 unspecified atom stereocenters. The summed E-state index contributed by atoms with van der Waals surface area (Å²) in [6.45, 7) is 2.14. The predicted octanol–water partition coefficient (Wildman–Crippen LogP) is 3.64. The molecule has 184 valence electrons. The summed E-state index contributed by atoms with van der Waals surface area (Å²) in [5, 5.41) is 21.2. The molecule has 2 amide bonds. The molecule has 11 heteroatoms. The van der Waals surface area contributed by atoms with E-state index in [9.17, 15) is 9.59 Å². The van der Waals surface area contributed by atoms with E-state index in [0.29, 0.717) is 47.8 Å². The number of anilines is 5. The number of nitrogens with one attached hydrogen (secondary N) is 4. The molecule has 6 rings (SSSR count). The van der Waals surface area contributed by atoms with Crippen molar-refractivity contribution in [1.29, 1.82) is 0 Å². The predicted molar refractivity (Wildman–Crippen MR) is 137 cm³/mol. The Morgan fingerprint density at radius 3 is 2.58 bits per heavy atom. The topological polar surface area (TPSA) is 132 Å². The minimum absolute atomic E-state index is 0.119. The average molecular weight is 486 g/mol. The zero-order valence-electron chi connectivity index (χ0n) is 19.9. The van der Waals surface area contributed by atoms with E-state index in [1.54, 1.807) is 28.8 Å². The summed E-state index contributed by atoms with van der Waals surface area (Å²) >= 11 is 0. The molecule has 4 N–H and O–H groups in total. The first kappa shape index (κ1) is 22.1. The molecule has 1 aliphatic carbocycles. The van der Waals surface area contributed by atoms with Crippen molar-refractivity contribution in [1.82, 2.24) is 24.8 Å². The zero-order chi connectivity index (χ0) is 24.6. The summed E-state index contributed by atoms with van der Waals surface area (Å²) in [5.74, 6) is 2.15. The van der Waals surface area contributed by atoms with Gasteiger partial charge in [-0.3, -0.25) is 14.7 Å². The second-order valence-corrected chi connectivity index (χ2v) is 9.31. The van der Waals surface area contributed by atoms with Gasteiger partial charge in [-0.15, -0.1) is 5.10 Å². The minimum atomic E-state index is -0.396. The second kappa shape index (κ2) is 8.99. The Morgan fingerprint density at radius 2 is 1.83 bits per heavy atom. The molecule has 3 aromatic heterocycles. The van der Waals surface area contributed by atoms with Crippen molar-refractivity contribution in [2.24, 2.45) is 0 Å². The fourth-order valence-corrected chi connectivity index (χ4v) is 4.61. The van der Waals surface area contributed by atoms with Gasteiger partial charge in [0.25, 0.3) is 0 Å². The van der Waals surface area contributed by atoms with E-state index in [0.717, 1.165) is 17.6 Å². The molecule has 11 nitrogen and oxygen atoms in total. The summed E-state index contributed by atoms with van der Waals surface area (Å²) in [6.07, 6.45) is 5.82. The maximum Gasteiger partial charge on any atom is 0.247 e. The summed E-state index contributed by atoms with van der Waals surface area (Å²) < 4.78 is 1.77. The van der Waals surface area contributed by atoms with Gasteiger partial charge in [0.05, 0.1) is 0 Å². The second-order valence-electron chi connectivity index (χ2n) is 9.31. The van der Waals surface area contributed by atoms with E-state index in [2.05, 4.69) is 31.2 Å². The summed E-state index contributed by atoms with van der Waals surface area (Å²) in [5.41, 5.74) is 3.31. The molecule has 2 fully saturated rings. The molecule has 0 bridgehead atoms. The fraction of sp³-hybridized carbons (Fsp3) is 0.320. The van der Waals surface area contributed by atoms with E-state index in [1.807, 2.05) is 29.3 Å². The smallest absolute Gasteiger partial charge is 0.247 e. The van der Waals surface area contributed by atoms with Gasteiger partial charge in [0.1, 0.15) is 11.6 Å². The molecule has 4 aromatic rings. The summed E-state index contributed by atoms with van der Waals surface area (Å²) in [7, 11) is 0. The fourth-order valence-electron chi connectivity index (χ4n) is 4.61. The van der Waals surface area contributed by atoms with Crippen LogP contribution in [0, 0.1) is 0 Å². The SMILES string of the molecule is CC(=O)Nc1ccc(NC(=O)C2CCCN2c2nc(Nc3cc(C4CC4)[nH]n3)c3cccn3n2)cc1. The molecule has 1 atom stereocenters. The van der Waals surface area contributed by atoms with Crippen molar-refractivity contribution >= 4 is 46.3 Å². The van der Waals surface area contributed by atoms with Crippen LogP contribution in [0.25, 0.3) is 5.52 Å². The van der Waals surface area contributed by atoms with Gasteiger partial charge in [0.15, 0.2) is 11.6 Å². The van der Waals surface area contributed by atoms with E-state index in [4.69, 9.17) is 4.98 Å². The van der Waals surface area contributed by atoms with Gasteiger partial charge in [0, 0.05) is 48.7 Å². The number of amides is 2. The molecular weight excluding hydrogens is 458 g/mol. The van der Waals surface area contributed by atoms with Crippen LogP contribution in [0.5, 0.6) is 0 Å². The lowest BCUT2D eigenvalue weighted by atomic mass is 10.2. The van der Waals surface area contributed by atoms with E-state index in [-0.39, 0.29) is 11.8 Å². The Bertz CT molecular complexity index is 1420. The lowest BCUT2D eigenvalue weighted by Gasteiger charge is -2.24. The molecule has 4 heterocycles. The van der Waals surface area contributed by atoms with Crippen LogP contribution in [-0.4, -0.2) is 49.2 Å². The Morgan fingerprint density at radius 1 is 1.06 bits per heavy atom. The van der Waals surface area contributed by atoms with Crippen molar-refractivity contribution in [3.63, 3.8) is 0 Å². The molecule has 0 spiro atoms. The van der Waals surface area contributed by atoms with Crippen molar-refractivity contribution in [3.8, 4) is 0 Å². The van der Waals surface area contributed by atoms with E-state index >= 15 is 0 Å². The third-order valence-electron chi connectivity index (χ3n) is 6.53. The van der Waals surface area contributed by atoms with E-state index < -0.39 is 6.04 Å². The van der Waals surface area contributed by atoms with Crippen LogP contribution >= 0.6 is 0 Å². The largest absolute Gasteiger partial charge is 0.327 e. The number of H-pyrrole nitrogens is 1. The number of nitrogens with zero attached hydrogens (tertiary/aromatic N) is 5. The van der Waals surface area contributed by atoms with Crippen LogP contribution < -0.4 is 20.9 Å². The molecule has 1 saturated heterocycles. The highest BCUT2D eigenvalue weighted by Gasteiger charge is 2.33. The third kappa shape index (κ3) is 4.47. The van der Waals surface area contributed by atoms with Crippen LogP contribution in [0.2, 0.25) is 0 Å². The number of benzene rings is 1. The monoisotopic (exact) mass is 485 g/mol. The van der Waals surface area contributed by atoms with Gasteiger partial charge >= 0.3 is 0 Å². The lowest BCUT2D eigenvalue weighted by molar-refractivity contribution is -0.117. The normalized spacial score (nSPS) is 17.4. The minimum Gasteiger partial charge on any atom is -0.327 e. The molecule has 1 aliphatic heterocycles. The molecule has 1 aromatic carbocycles. The van der Waals surface area contributed by atoms with Crippen LogP contribution in [-0.2, 0) is 9.59 Å². The van der Waals surface area contributed by atoms with Crippen LogP contribution in [0.4, 0.5) is 29.0 Å². The number of fused-ring (bicyclic) bond motifs is 1. The van der Waals surface area contributed by atoms with Gasteiger partial charge in [-0.25, -0.2) is 4.52 Å². The number of carbonyl (C=O) groups is 2.